The van der Waals surface area contributed by atoms with Gasteiger partial charge in [-0.15, -0.1) is 0 Å². The van der Waals surface area contributed by atoms with Gasteiger partial charge in [-0.1, -0.05) is 78.9 Å². The molecule has 1 aliphatic rings. The number of carbonyl (C=O) groups is 3. The van der Waals surface area contributed by atoms with Crippen molar-refractivity contribution in [3.63, 3.8) is 0 Å². The number of likely N-dealkylation sites (tertiary alicyclic amines) is 1. The molecule has 6 heteroatoms. The predicted octanol–water partition coefficient (Wildman–Crippen LogP) is 4.72. The normalized spacial score (nSPS) is 18.1. The number of ketones is 2. The van der Waals surface area contributed by atoms with E-state index in [0.717, 1.165) is 23.2 Å². The first-order valence-electron chi connectivity index (χ1n) is 14.0. The van der Waals surface area contributed by atoms with E-state index < -0.39 is 11.8 Å². The minimum Gasteiger partial charge on any atom is -0.343 e. The summed E-state index contributed by atoms with van der Waals surface area (Å²) in [5.74, 6) is -1.25. The first-order valence-corrected chi connectivity index (χ1v) is 14.0. The van der Waals surface area contributed by atoms with Crippen molar-refractivity contribution in [2.45, 2.75) is 19.8 Å². The maximum Gasteiger partial charge on any atom is 0.236 e. The number of hydrogen-bond donors (Lipinski definition) is 0. The zero-order valence-electron chi connectivity index (χ0n) is 24.3. The average molecular weight is 540 g/mol. The molecule has 1 amide bonds. The Morgan fingerprint density at radius 1 is 0.725 bits per heavy atom. The van der Waals surface area contributed by atoms with E-state index in [-0.39, 0.29) is 29.9 Å². The lowest BCUT2D eigenvalue weighted by atomic mass is 9.67. The molecule has 0 aromatic heterocycles. The summed E-state index contributed by atoms with van der Waals surface area (Å²) in [5, 5.41) is 0. The number of benzene rings is 3. The van der Waals surface area contributed by atoms with Crippen LogP contribution in [0.5, 0.6) is 0 Å². The van der Waals surface area contributed by atoms with E-state index in [2.05, 4.69) is 26.0 Å². The molecule has 0 aliphatic carbocycles. The van der Waals surface area contributed by atoms with E-state index >= 15 is 0 Å². The molecule has 0 spiro atoms. The summed E-state index contributed by atoms with van der Waals surface area (Å²) in [6.07, 6.45) is 0. The van der Waals surface area contributed by atoms with Crippen LogP contribution >= 0.6 is 0 Å². The molecule has 2 atom stereocenters. The van der Waals surface area contributed by atoms with Gasteiger partial charge >= 0.3 is 0 Å². The van der Waals surface area contributed by atoms with Crippen LogP contribution in [0.4, 0.5) is 0 Å². The fourth-order valence-electron chi connectivity index (χ4n) is 5.75. The zero-order valence-corrected chi connectivity index (χ0v) is 24.3. The molecule has 1 saturated heterocycles. The number of carbonyl (C=O) groups excluding carboxylic acids is 3. The van der Waals surface area contributed by atoms with Crippen molar-refractivity contribution in [2.75, 3.05) is 53.9 Å². The molecule has 1 heterocycles. The van der Waals surface area contributed by atoms with E-state index in [0.29, 0.717) is 30.8 Å². The van der Waals surface area contributed by atoms with Crippen molar-refractivity contribution in [1.82, 2.24) is 14.7 Å². The predicted molar refractivity (Wildman–Crippen MR) is 160 cm³/mol. The summed E-state index contributed by atoms with van der Waals surface area (Å²) in [7, 11) is 5.78. The highest BCUT2D eigenvalue weighted by atomic mass is 16.2. The molecule has 0 bridgehead atoms. The number of amides is 1. The zero-order chi connectivity index (χ0) is 28.8. The molecule has 40 heavy (non-hydrogen) atoms. The Kier molecular flexibility index (Phi) is 9.67. The van der Waals surface area contributed by atoms with Crippen LogP contribution < -0.4 is 0 Å². The lowest BCUT2D eigenvalue weighted by molar-refractivity contribution is -0.131. The molecule has 1 fully saturated rings. The van der Waals surface area contributed by atoms with Crippen LogP contribution in [-0.2, 0) is 4.79 Å². The highest BCUT2D eigenvalue weighted by Gasteiger charge is 2.45. The molecule has 3 aromatic rings. The van der Waals surface area contributed by atoms with Gasteiger partial charge < -0.3 is 9.80 Å². The molecule has 0 radical (unpaired) electrons. The summed E-state index contributed by atoms with van der Waals surface area (Å²) >= 11 is 0. The molecule has 0 saturated carbocycles. The van der Waals surface area contributed by atoms with Gasteiger partial charge in [0.2, 0.25) is 5.91 Å². The van der Waals surface area contributed by atoms with Crippen molar-refractivity contribution in [1.29, 1.82) is 0 Å². The number of piperidine rings is 1. The average Bonchev–Trinajstić information content (AvgIpc) is 2.97. The minimum atomic E-state index is -0.478. The summed E-state index contributed by atoms with van der Waals surface area (Å²) < 4.78 is 0. The third-order valence-electron chi connectivity index (χ3n) is 8.24. The molecular formula is C34H41N3O3. The number of hydrogen-bond acceptors (Lipinski definition) is 5. The van der Waals surface area contributed by atoms with Crippen molar-refractivity contribution in [3.05, 3.63) is 107 Å². The van der Waals surface area contributed by atoms with E-state index in [4.69, 9.17) is 0 Å². The van der Waals surface area contributed by atoms with Crippen LogP contribution in [0.2, 0.25) is 0 Å². The molecule has 3 aromatic carbocycles. The van der Waals surface area contributed by atoms with Gasteiger partial charge in [0.25, 0.3) is 0 Å². The van der Waals surface area contributed by atoms with Crippen LogP contribution in [0.1, 0.15) is 43.3 Å². The molecule has 4 rings (SSSR count). The summed E-state index contributed by atoms with van der Waals surface area (Å²) in [6, 6.07) is 24.8. The Labute approximate surface area is 238 Å². The summed E-state index contributed by atoms with van der Waals surface area (Å²) in [4.78, 5) is 47.4. The van der Waals surface area contributed by atoms with Gasteiger partial charge in [-0.25, -0.2) is 0 Å². The molecular weight excluding hydrogens is 498 g/mol. The fourth-order valence-corrected chi connectivity index (χ4v) is 5.75. The van der Waals surface area contributed by atoms with E-state index in [1.807, 2.05) is 97.7 Å². The first-order chi connectivity index (χ1) is 19.2. The quantitative estimate of drug-likeness (QED) is 0.349. The minimum absolute atomic E-state index is 0.00970. The number of likely N-dealkylation sites (N-methyl/N-ethyl adjacent to an activating group) is 2. The number of Topliss-reactive ketones (excluding diaryl/α,β-unsaturated/α-hetero) is 2. The van der Waals surface area contributed by atoms with Crippen LogP contribution in [0, 0.1) is 25.7 Å². The van der Waals surface area contributed by atoms with Crippen molar-refractivity contribution in [2.24, 2.45) is 11.8 Å². The SMILES string of the molecule is Cc1cccc(C2[C@@H](C(=O)c3ccccc3)CN(CC(=O)N(C)CCN(C)C)C[C@@H]2C(=O)c2ccccc2)c1C. The van der Waals surface area contributed by atoms with E-state index in [1.165, 1.54) is 0 Å². The lowest BCUT2D eigenvalue weighted by Gasteiger charge is -2.43. The van der Waals surface area contributed by atoms with E-state index in [9.17, 15) is 14.4 Å². The second-order valence-corrected chi connectivity index (χ2v) is 11.3. The largest absolute Gasteiger partial charge is 0.343 e. The Balaban J connectivity index is 1.76. The first kappa shape index (κ1) is 29.4. The maximum atomic E-state index is 14.2. The maximum absolute atomic E-state index is 14.2. The van der Waals surface area contributed by atoms with Gasteiger partial charge in [-0.3, -0.25) is 19.3 Å². The molecule has 210 valence electrons. The number of aryl methyl sites for hydroxylation is 1. The van der Waals surface area contributed by atoms with Gasteiger partial charge in [0.1, 0.15) is 0 Å². The Morgan fingerprint density at radius 2 is 1.25 bits per heavy atom. The second-order valence-electron chi connectivity index (χ2n) is 11.3. The standard InChI is InChI=1S/C34H41N3O3/c1-24-13-12-18-28(25(24)2)32-29(33(39)26-14-8-6-9-15-26)21-37(23-31(38)36(5)20-19-35(3)4)22-30(32)34(40)27-16-10-7-11-17-27/h6-18,29-30,32H,19-23H2,1-5H3/t29-,30-/m0/s1. The van der Waals surface area contributed by atoms with Crippen molar-refractivity contribution in [3.8, 4) is 0 Å². The van der Waals surface area contributed by atoms with Crippen molar-refractivity contribution >= 4 is 17.5 Å². The highest BCUT2D eigenvalue weighted by Crippen LogP contribution is 2.42. The highest BCUT2D eigenvalue weighted by molar-refractivity contribution is 6.02. The Bertz CT molecular complexity index is 1260. The van der Waals surface area contributed by atoms with Gasteiger partial charge in [-0.05, 0) is 44.6 Å². The number of nitrogens with zero attached hydrogens (tertiary/aromatic N) is 3. The van der Waals surface area contributed by atoms with Crippen LogP contribution in [0.15, 0.2) is 78.9 Å². The van der Waals surface area contributed by atoms with E-state index in [1.54, 1.807) is 4.90 Å². The third kappa shape index (κ3) is 6.75. The van der Waals surface area contributed by atoms with Crippen LogP contribution in [0.25, 0.3) is 0 Å². The van der Waals surface area contributed by atoms with Gasteiger partial charge in [0.05, 0.1) is 6.54 Å². The molecule has 6 nitrogen and oxygen atoms in total. The van der Waals surface area contributed by atoms with Gasteiger partial charge in [0.15, 0.2) is 11.6 Å². The monoisotopic (exact) mass is 539 g/mol. The Hall–Kier alpha value is -3.61. The summed E-state index contributed by atoms with van der Waals surface area (Å²) in [6.45, 7) is 6.52. The Morgan fingerprint density at radius 3 is 1.75 bits per heavy atom. The summed E-state index contributed by atoms with van der Waals surface area (Å²) in [5.41, 5.74) is 4.54. The van der Waals surface area contributed by atoms with Crippen molar-refractivity contribution < 1.29 is 14.4 Å². The van der Waals surface area contributed by atoms with Gasteiger partial charge in [-0.2, -0.15) is 0 Å². The smallest absolute Gasteiger partial charge is 0.236 e. The van der Waals surface area contributed by atoms with Crippen LogP contribution in [0.3, 0.4) is 0 Å². The molecule has 1 aliphatic heterocycles. The lowest BCUT2D eigenvalue weighted by Crippen LogP contribution is -2.53. The van der Waals surface area contributed by atoms with Crippen LogP contribution in [-0.4, -0.2) is 86.0 Å². The topological polar surface area (TPSA) is 60.9 Å². The molecule has 0 unspecified atom stereocenters. The second kappa shape index (κ2) is 13.2. The third-order valence-corrected chi connectivity index (χ3v) is 8.24. The fraction of sp³-hybridized carbons (Fsp3) is 0.382. The van der Waals surface area contributed by atoms with Gasteiger partial charge in [0, 0.05) is 62.1 Å². The number of rotatable bonds is 10. The molecule has 0 N–H and O–H groups in total.